The van der Waals surface area contributed by atoms with Gasteiger partial charge in [-0.25, -0.2) is 8.42 Å². The predicted molar refractivity (Wildman–Crippen MR) is 66.5 cm³/mol. The van der Waals surface area contributed by atoms with E-state index in [0.717, 1.165) is 12.0 Å². The zero-order valence-electron chi connectivity index (χ0n) is 9.66. The Morgan fingerprint density at radius 1 is 1.40 bits per heavy atom. The molecule has 0 aliphatic rings. The number of sulfonamides is 1. The van der Waals surface area contributed by atoms with Gasteiger partial charge in [-0.05, 0) is 12.2 Å². The van der Waals surface area contributed by atoms with Crippen LogP contribution in [0, 0.1) is 0 Å². The first-order chi connectivity index (χ1) is 6.60. The molecule has 0 aliphatic carbocycles. The van der Waals surface area contributed by atoms with E-state index in [1.165, 1.54) is 0 Å². The number of amides is 1. The van der Waals surface area contributed by atoms with Gasteiger partial charge in [0.05, 0.1) is 6.26 Å². The fraction of sp³-hybridized carbons (Fsp3) is 0.889. The zero-order valence-corrected chi connectivity index (χ0v) is 11.3. The monoisotopic (exact) mass is 255 g/mol. The second-order valence-electron chi connectivity index (χ2n) is 4.36. The molecule has 15 heavy (non-hydrogen) atoms. The molecule has 0 bridgehead atoms. The Bertz CT molecular complexity index is 309. The quantitative estimate of drug-likeness (QED) is 0.758. The molecule has 4 nitrogen and oxygen atoms in total. The maximum atomic E-state index is 11.1. The molecule has 0 saturated carbocycles. The van der Waals surface area contributed by atoms with Crippen molar-refractivity contribution in [3.63, 3.8) is 0 Å². The summed E-state index contributed by atoms with van der Waals surface area (Å²) in [5, 5.41) is 0. The van der Waals surface area contributed by atoms with Crippen LogP contribution >= 0.6 is 11.8 Å². The van der Waals surface area contributed by atoms with Crippen LogP contribution in [0.4, 0.5) is 0 Å². The lowest BCUT2D eigenvalue weighted by atomic mass is 10.3. The van der Waals surface area contributed by atoms with Gasteiger partial charge >= 0.3 is 0 Å². The van der Waals surface area contributed by atoms with Crippen molar-refractivity contribution in [1.29, 1.82) is 0 Å². The summed E-state index contributed by atoms with van der Waals surface area (Å²) in [7, 11) is -3.40. The number of nitrogens with one attached hydrogen (secondary N) is 1. The molecule has 0 saturated heterocycles. The van der Waals surface area contributed by atoms with E-state index in [1.54, 1.807) is 11.8 Å². The highest BCUT2D eigenvalue weighted by molar-refractivity contribution is 8.00. The van der Waals surface area contributed by atoms with Gasteiger partial charge in [-0.15, -0.1) is 0 Å². The van der Waals surface area contributed by atoms with Crippen molar-refractivity contribution < 1.29 is 14.6 Å². The van der Waals surface area contributed by atoms with Crippen molar-refractivity contribution in [2.45, 2.75) is 38.4 Å². The van der Waals surface area contributed by atoms with Crippen LogP contribution in [0.5, 0.6) is 0 Å². The molecular formula is C9H21NO3S2. The van der Waals surface area contributed by atoms with Crippen LogP contribution in [0.15, 0.2) is 0 Å². The van der Waals surface area contributed by atoms with Crippen LogP contribution in [0.2, 0.25) is 0 Å². The van der Waals surface area contributed by atoms with E-state index in [4.69, 9.17) is 0 Å². The molecule has 0 atom stereocenters. The van der Waals surface area contributed by atoms with Gasteiger partial charge in [0.15, 0.2) is 0 Å². The third-order valence-corrected chi connectivity index (χ3v) is 3.34. The molecule has 6 heteroatoms. The minimum absolute atomic E-state index is 0. The summed E-state index contributed by atoms with van der Waals surface area (Å²) >= 11 is 1.76. The maximum Gasteiger partial charge on any atom is 0.233 e. The Morgan fingerprint density at radius 2 is 1.93 bits per heavy atom. The number of hydrogen-bond acceptors (Lipinski definition) is 4. The molecule has 0 heterocycles. The van der Waals surface area contributed by atoms with Gasteiger partial charge in [0.1, 0.15) is 0 Å². The molecule has 0 unspecified atom stereocenters. The summed E-state index contributed by atoms with van der Waals surface area (Å²) in [6.45, 7) is 6.32. The minimum Gasteiger partial charge on any atom is -0.274 e. The maximum absolute atomic E-state index is 11.1. The topological polar surface area (TPSA) is 63.2 Å². The van der Waals surface area contributed by atoms with Crippen molar-refractivity contribution in [1.82, 2.24) is 4.72 Å². The van der Waals surface area contributed by atoms with Crippen LogP contribution in [0.25, 0.3) is 0 Å². The van der Waals surface area contributed by atoms with E-state index >= 15 is 0 Å². The van der Waals surface area contributed by atoms with E-state index in [0.29, 0.717) is 6.42 Å². The molecule has 0 fully saturated rings. The number of carbonyl (C=O) groups excluding carboxylic acids is 1. The number of rotatable bonds is 5. The second-order valence-corrected chi connectivity index (χ2v) is 8.03. The van der Waals surface area contributed by atoms with Crippen LogP contribution < -0.4 is 4.72 Å². The largest absolute Gasteiger partial charge is 0.274 e. The predicted octanol–water partition coefficient (Wildman–Crippen LogP) is 1.62. The number of thioether (sulfide) groups is 1. The Labute approximate surface area is 97.7 Å². The normalized spacial score (nSPS) is 12.5. The summed E-state index contributed by atoms with van der Waals surface area (Å²) in [5.74, 6) is 0.438. The fourth-order valence-corrected chi connectivity index (χ4v) is 2.29. The van der Waals surface area contributed by atoms with Crippen molar-refractivity contribution in [2.24, 2.45) is 0 Å². The SMILES string of the molecule is CC(C)(C)SCCCC(=O)NS(C)(=O)=O.[HH]. The Balaban J connectivity index is 0. The Kier molecular flexibility index (Phi) is 5.66. The van der Waals surface area contributed by atoms with Gasteiger partial charge < -0.3 is 0 Å². The summed E-state index contributed by atoms with van der Waals surface area (Å²) in [6.07, 6.45) is 1.94. The number of hydrogen-bond donors (Lipinski definition) is 1. The van der Waals surface area contributed by atoms with Crippen molar-refractivity contribution in [3.8, 4) is 0 Å². The van der Waals surface area contributed by atoms with Crippen LogP contribution in [-0.2, 0) is 14.8 Å². The molecule has 0 aromatic rings. The zero-order chi connectivity index (χ0) is 12.1. The first kappa shape index (κ1) is 14.8. The van der Waals surface area contributed by atoms with E-state index in [1.807, 2.05) is 4.72 Å². The lowest BCUT2D eigenvalue weighted by molar-refractivity contribution is -0.119. The third-order valence-electron chi connectivity index (χ3n) is 1.38. The number of carbonyl (C=O) groups is 1. The van der Waals surface area contributed by atoms with Gasteiger partial charge in [-0.2, -0.15) is 11.8 Å². The fourth-order valence-electron chi connectivity index (χ4n) is 0.869. The van der Waals surface area contributed by atoms with E-state index < -0.39 is 15.9 Å². The third kappa shape index (κ3) is 11.7. The Morgan fingerprint density at radius 3 is 2.33 bits per heavy atom. The molecule has 0 aliphatic heterocycles. The van der Waals surface area contributed by atoms with Gasteiger partial charge in [0.2, 0.25) is 15.9 Å². The van der Waals surface area contributed by atoms with Crippen molar-refractivity contribution >= 4 is 27.7 Å². The highest BCUT2D eigenvalue weighted by Gasteiger charge is 2.11. The average molecular weight is 255 g/mol. The molecule has 1 N–H and O–H groups in total. The van der Waals surface area contributed by atoms with E-state index in [-0.39, 0.29) is 12.6 Å². The van der Waals surface area contributed by atoms with Crippen molar-refractivity contribution in [2.75, 3.05) is 12.0 Å². The molecule has 0 radical (unpaired) electrons. The molecule has 0 aromatic heterocycles. The van der Waals surface area contributed by atoms with Gasteiger partial charge in [0, 0.05) is 12.6 Å². The van der Waals surface area contributed by atoms with Crippen LogP contribution in [-0.4, -0.2) is 31.1 Å². The molecular weight excluding hydrogens is 234 g/mol. The highest BCUT2D eigenvalue weighted by Crippen LogP contribution is 2.23. The summed E-state index contributed by atoms with van der Waals surface area (Å²) in [6, 6.07) is 0. The lowest BCUT2D eigenvalue weighted by Gasteiger charge is -2.16. The highest BCUT2D eigenvalue weighted by atomic mass is 32.2. The van der Waals surface area contributed by atoms with Gasteiger partial charge in [0.25, 0.3) is 0 Å². The standard InChI is InChI=1S/C9H19NO3S2.H2/c1-9(2,3)14-7-5-6-8(11)10-15(4,12)13;/h5-7H2,1-4H3,(H,10,11);1H. The molecule has 92 valence electrons. The minimum atomic E-state index is -3.40. The van der Waals surface area contributed by atoms with E-state index in [2.05, 4.69) is 20.8 Å². The molecule has 1 amide bonds. The smallest absolute Gasteiger partial charge is 0.233 e. The average Bonchev–Trinajstić information content (AvgIpc) is 1.92. The second kappa shape index (κ2) is 5.75. The summed E-state index contributed by atoms with van der Waals surface area (Å²) in [4.78, 5) is 11.1. The first-order valence-electron chi connectivity index (χ1n) is 4.75. The Hall–Kier alpha value is -0.230. The summed E-state index contributed by atoms with van der Waals surface area (Å²) in [5.41, 5.74) is 0. The van der Waals surface area contributed by atoms with Gasteiger partial charge in [-0.3, -0.25) is 9.52 Å². The molecule has 0 aromatic carbocycles. The first-order valence-corrected chi connectivity index (χ1v) is 7.62. The van der Waals surface area contributed by atoms with Gasteiger partial charge in [-0.1, -0.05) is 20.8 Å². The van der Waals surface area contributed by atoms with Crippen LogP contribution in [0.3, 0.4) is 0 Å². The van der Waals surface area contributed by atoms with E-state index in [9.17, 15) is 13.2 Å². The summed E-state index contributed by atoms with van der Waals surface area (Å²) < 4.78 is 23.5. The van der Waals surface area contributed by atoms with Crippen LogP contribution in [0.1, 0.15) is 35.0 Å². The lowest BCUT2D eigenvalue weighted by Crippen LogP contribution is -2.29. The van der Waals surface area contributed by atoms with Crippen molar-refractivity contribution in [3.05, 3.63) is 0 Å². The molecule has 0 spiro atoms. The molecule has 0 rings (SSSR count).